The zero-order valence-electron chi connectivity index (χ0n) is 25.8. The third-order valence-electron chi connectivity index (χ3n) is 7.36. The molecular formula is C31H35FN6O7P2S. The van der Waals surface area contributed by atoms with Crippen molar-refractivity contribution in [3.8, 4) is 11.1 Å². The first-order valence-corrected chi connectivity index (χ1v) is 17.5. The lowest BCUT2D eigenvalue weighted by Crippen LogP contribution is -2.37. The molecule has 8 N–H and O–H groups in total. The van der Waals surface area contributed by atoms with Crippen molar-refractivity contribution in [3.63, 3.8) is 0 Å². The van der Waals surface area contributed by atoms with Gasteiger partial charge >= 0.3 is 13.7 Å². The summed E-state index contributed by atoms with van der Waals surface area (Å²) < 4.78 is 43.3. The smallest absolute Gasteiger partial charge is 0.414 e. The van der Waals surface area contributed by atoms with Gasteiger partial charge in [-0.2, -0.15) is 0 Å². The normalized spacial score (nSPS) is 15.6. The summed E-state index contributed by atoms with van der Waals surface area (Å²) in [6.45, 7) is 2.24. The Morgan fingerprint density at radius 1 is 1.19 bits per heavy atom. The highest BCUT2D eigenvalue weighted by Gasteiger charge is 2.33. The monoisotopic (exact) mass is 716 g/mol. The topological polar surface area (TPSA) is 201 Å². The van der Waals surface area contributed by atoms with E-state index in [0.29, 0.717) is 45.4 Å². The summed E-state index contributed by atoms with van der Waals surface area (Å²) in [5.74, 6) is -0.767. The van der Waals surface area contributed by atoms with E-state index in [1.807, 2.05) is 12.1 Å². The lowest BCUT2D eigenvalue weighted by molar-refractivity contribution is -0.119. The molecule has 254 valence electrons. The Hall–Kier alpha value is -4.39. The maximum atomic E-state index is 15.3. The fourth-order valence-electron chi connectivity index (χ4n) is 4.84. The number of anilines is 2. The highest BCUT2D eigenvalue weighted by atomic mass is 32.1. The lowest BCUT2D eigenvalue weighted by Gasteiger charge is -2.26. The average molecular weight is 717 g/mol. The molecule has 1 aliphatic heterocycles. The number of cyclic esters (lactones) is 1. The highest BCUT2D eigenvalue weighted by molar-refractivity contribution is 7.80. The van der Waals surface area contributed by atoms with Gasteiger partial charge in [0.15, 0.2) is 13.6 Å². The molecule has 13 nitrogen and oxygen atoms in total. The van der Waals surface area contributed by atoms with Gasteiger partial charge in [0.1, 0.15) is 17.3 Å². The number of carbonyl (C=O) groups is 2. The molecule has 48 heavy (non-hydrogen) atoms. The minimum Gasteiger partial charge on any atom is -0.442 e. The zero-order valence-corrected chi connectivity index (χ0v) is 28.4. The van der Waals surface area contributed by atoms with Crippen LogP contribution in [-0.4, -0.2) is 62.9 Å². The minimum atomic E-state index is -4.52. The van der Waals surface area contributed by atoms with E-state index >= 15 is 4.39 Å². The number of nitrogens with one attached hydrogen (secondary N) is 2. The van der Waals surface area contributed by atoms with Crippen LogP contribution in [0.3, 0.4) is 0 Å². The summed E-state index contributed by atoms with van der Waals surface area (Å²) >= 11 is 5.65. The standard InChI is InChI=1S/C31H35FN6O7P2S/c1-19(39)35-15-26-18-38(31(40)45-26)25-10-11-27(28(32)13-25)22-6-2-21(3-7-22)16-37(17-23(34)14-33)30(48)36-24-8-4-20(5-9-24)12-29(46-41)47(42,43)44/h2-11,13-14,26,29H,12,15-18,33-34H2,1H3,(H,35,39)(H,36,48)(H2,42,43,44)/b23-14-/t26-,29?/m0/s1. The van der Waals surface area contributed by atoms with E-state index in [2.05, 4.69) is 10.6 Å². The van der Waals surface area contributed by atoms with Crippen molar-refractivity contribution < 1.29 is 37.6 Å². The molecular weight excluding hydrogens is 681 g/mol. The molecule has 3 aromatic rings. The van der Waals surface area contributed by atoms with Crippen molar-refractivity contribution in [1.29, 1.82) is 0 Å². The first-order chi connectivity index (χ1) is 22.8. The minimum absolute atomic E-state index is 0.0668. The molecule has 1 saturated heterocycles. The summed E-state index contributed by atoms with van der Waals surface area (Å²) in [4.78, 5) is 45.4. The number of ether oxygens (including phenoxy) is 1. The number of nitrogens with zero attached hydrogens (tertiary/aromatic N) is 2. The molecule has 0 aromatic heterocycles. The second-order valence-electron chi connectivity index (χ2n) is 11.0. The van der Waals surface area contributed by atoms with E-state index < -0.39 is 39.5 Å². The second-order valence-corrected chi connectivity index (χ2v) is 14.4. The fourth-order valence-corrected chi connectivity index (χ4v) is 6.31. The molecule has 1 unspecified atom stereocenters. The maximum absolute atomic E-state index is 15.3. The molecule has 1 fully saturated rings. The Bertz CT molecular complexity index is 1740. The fraction of sp³-hybridized carbons (Fsp3) is 0.258. The number of amides is 2. The van der Waals surface area contributed by atoms with E-state index in [1.54, 1.807) is 53.4 Å². The van der Waals surface area contributed by atoms with Crippen LogP contribution in [0.15, 0.2) is 78.6 Å². The number of carbonyl (C=O) groups excluding carboxylic acids is 2. The van der Waals surface area contributed by atoms with Crippen LogP contribution in [0.25, 0.3) is 11.1 Å². The summed E-state index contributed by atoms with van der Waals surface area (Å²) in [6.07, 6.45) is 0.0508. The summed E-state index contributed by atoms with van der Waals surface area (Å²) in [5.41, 5.74) is 15.3. The first kappa shape index (κ1) is 36.4. The van der Waals surface area contributed by atoms with Gasteiger partial charge in [-0.15, -0.1) is 0 Å². The molecule has 0 bridgehead atoms. The zero-order chi connectivity index (χ0) is 35.0. The van der Waals surface area contributed by atoms with Gasteiger partial charge in [-0.3, -0.25) is 18.8 Å². The Kier molecular flexibility index (Phi) is 12.3. The Morgan fingerprint density at radius 3 is 2.44 bits per heavy atom. The average Bonchev–Trinajstić information content (AvgIpc) is 3.43. The van der Waals surface area contributed by atoms with Crippen LogP contribution in [-0.2, 0) is 31.6 Å². The Morgan fingerprint density at radius 2 is 1.85 bits per heavy atom. The third kappa shape index (κ3) is 9.82. The number of benzene rings is 3. The van der Waals surface area contributed by atoms with E-state index in [4.69, 9.17) is 28.4 Å². The van der Waals surface area contributed by atoms with Crippen molar-refractivity contribution in [3.05, 3.63) is 95.6 Å². The van der Waals surface area contributed by atoms with Gasteiger partial charge in [0.05, 0.1) is 25.3 Å². The molecule has 0 spiro atoms. The number of thiocarbonyl (C=S) groups is 1. The van der Waals surface area contributed by atoms with Gasteiger partial charge in [-0.05, 0) is 65.7 Å². The van der Waals surface area contributed by atoms with Gasteiger partial charge in [-0.25, -0.2) is 9.18 Å². The van der Waals surface area contributed by atoms with E-state index in [9.17, 15) is 28.5 Å². The van der Waals surface area contributed by atoms with Gasteiger partial charge in [0.2, 0.25) is 5.91 Å². The van der Waals surface area contributed by atoms with Crippen molar-refractivity contribution in [1.82, 2.24) is 10.2 Å². The number of rotatable bonds is 13. The number of hydrogen-bond acceptors (Lipinski definition) is 8. The maximum Gasteiger partial charge on any atom is 0.414 e. The number of halogens is 1. The molecule has 0 saturated carbocycles. The van der Waals surface area contributed by atoms with E-state index in [0.717, 1.165) is 5.56 Å². The van der Waals surface area contributed by atoms with Gasteiger partial charge < -0.3 is 41.5 Å². The molecule has 1 heterocycles. The van der Waals surface area contributed by atoms with Crippen LogP contribution in [0.4, 0.5) is 20.6 Å². The first-order valence-electron chi connectivity index (χ1n) is 14.6. The Labute approximate surface area is 283 Å². The lowest BCUT2D eigenvalue weighted by atomic mass is 10.0. The predicted molar refractivity (Wildman–Crippen MR) is 185 cm³/mol. The molecule has 0 aliphatic carbocycles. The molecule has 2 amide bonds. The van der Waals surface area contributed by atoms with Gasteiger partial charge in [0.25, 0.3) is 0 Å². The van der Waals surface area contributed by atoms with Crippen LogP contribution in [0.5, 0.6) is 0 Å². The molecule has 4 rings (SSSR count). The second kappa shape index (κ2) is 16.1. The predicted octanol–water partition coefficient (Wildman–Crippen LogP) is 4.25. The molecule has 1 aliphatic rings. The van der Waals surface area contributed by atoms with Gasteiger partial charge in [0, 0.05) is 36.6 Å². The van der Waals surface area contributed by atoms with E-state index in [1.165, 1.54) is 24.1 Å². The van der Waals surface area contributed by atoms with Crippen LogP contribution >= 0.6 is 28.3 Å². The van der Waals surface area contributed by atoms with Crippen LogP contribution < -0.4 is 27.0 Å². The Balaban J connectivity index is 1.42. The molecule has 2 atom stereocenters. The van der Waals surface area contributed by atoms with Crippen molar-refractivity contribution in [2.75, 3.05) is 29.9 Å². The number of nitrogens with two attached hydrogens (primary N) is 2. The summed E-state index contributed by atoms with van der Waals surface area (Å²) in [7, 11) is -5.15. The van der Waals surface area contributed by atoms with Crippen molar-refractivity contribution in [2.24, 2.45) is 11.5 Å². The summed E-state index contributed by atoms with van der Waals surface area (Å²) in [5, 5.41) is 4.72. The van der Waals surface area contributed by atoms with Crippen LogP contribution in [0.2, 0.25) is 0 Å². The SMILES string of the molecule is CC(=O)NC[C@H]1CN(c2ccc(-c3ccc(CN(C/C(N)=C/N)C(=S)Nc4ccc(CC(P=O)P(=O)(O)O)cc4)cc3)c(F)c2)C(=O)O1. The van der Waals surface area contributed by atoms with Crippen LogP contribution in [0, 0.1) is 5.82 Å². The molecule has 0 radical (unpaired) electrons. The largest absolute Gasteiger partial charge is 0.442 e. The van der Waals surface area contributed by atoms with Crippen molar-refractivity contribution >= 4 is 56.8 Å². The molecule has 3 aromatic carbocycles. The molecule has 17 heteroatoms. The third-order valence-corrected chi connectivity index (χ3v) is 10.3. The summed E-state index contributed by atoms with van der Waals surface area (Å²) in [6, 6.07) is 18.4. The van der Waals surface area contributed by atoms with Crippen molar-refractivity contribution in [2.45, 2.75) is 31.4 Å². The number of hydrogen-bond donors (Lipinski definition) is 6. The highest BCUT2D eigenvalue weighted by Crippen LogP contribution is 2.48. The van der Waals surface area contributed by atoms with Gasteiger partial charge in [-0.1, -0.05) is 36.4 Å². The van der Waals surface area contributed by atoms with Crippen LogP contribution in [0.1, 0.15) is 18.1 Å². The van der Waals surface area contributed by atoms with E-state index in [-0.39, 0.29) is 32.0 Å². The quantitative estimate of drug-likeness (QED) is 0.109.